The number of rotatable bonds is 4. The maximum atomic E-state index is 11.9. The minimum atomic E-state index is -0.605. The first-order valence-corrected chi connectivity index (χ1v) is 6.31. The molecule has 0 fully saturated rings. The van der Waals surface area contributed by atoms with E-state index < -0.39 is 11.8 Å². The number of hydrogen-bond donors (Lipinski definition) is 4. The standard InChI is InChI=1S/C11H7N11O2.2Na.2H/c12-4-5-1-6(13-10(23)8-15-19-20-16-8)3-7(2-5)14-11(24)9-17-21-22-18-9;;;;/h1-3H,(H,13,23)(H,14,24)(H,15,16,19,20)(H,17,18,21,22);;;;. The topological polar surface area (TPSA) is 191 Å². The van der Waals surface area contributed by atoms with Crippen LogP contribution in [0, 0.1) is 11.3 Å². The number of carbonyl (C=O) groups excluding carboxylic acids is 2. The van der Waals surface area contributed by atoms with Crippen LogP contribution in [0.4, 0.5) is 11.4 Å². The van der Waals surface area contributed by atoms with E-state index in [1.54, 1.807) is 0 Å². The molecule has 3 aromatic rings. The molecule has 15 heteroatoms. The van der Waals surface area contributed by atoms with Gasteiger partial charge in [-0.25, -0.2) is 10.2 Å². The first kappa shape index (κ1) is 21.8. The van der Waals surface area contributed by atoms with Crippen LogP contribution in [0.5, 0.6) is 0 Å². The molecule has 0 atom stereocenters. The molecule has 1 aromatic carbocycles. The Morgan fingerprint density at radius 3 is 1.69 bits per heavy atom. The van der Waals surface area contributed by atoms with Crippen molar-refractivity contribution in [2.24, 2.45) is 0 Å². The van der Waals surface area contributed by atoms with E-state index in [-0.39, 0.29) is 87.7 Å². The van der Waals surface area contributed by atoms with Crippen molar-refractivity contribution in [2.75, 3.05) is 10.6 Å². The summed E-state index contributed by atoms with van der Waals surface area (Å²) in [5.74, 6) is -1.41. The summed E-state index contributed by atoms with van der Waals surface area (Å²) in [6.07, 6.45) is 0. The zero-order valence-electron chi connectivity index (χ0n) is 11.7. The van der Waals surface area contributed by atoms with Crippen LogP contribution in [0.15, 0.2) is 18.2 Å². The molecule has 13 nitrogen and oxygen atoms in total. The van der Waals surface area contributed by atoms with Gasteiger partial charge in [0.15, 0.2) is 0 Å². The Morgan fingerprint density at radius 1 is 0.885 bits per heavy atom. The van der Waals surface area contributed by atoms with Crippen molar-refractivity contribution in [3.8, 4) is 6.07 Å². The molecule has 0 aliphatic carbocycles. The molecule has 0 bridgehead atoms. The first-order chi connectivity index (χ1) is 11.7. The van der Waals surface area contributed by atoms with Crippen molar-refractivity contribution in [3.05, 3.63) is 35.4 Å². The molecule has 3 rings (SSSR count). The Morgan fingerprint density at radius 2 is 1.35 bits per heavy atom. The Labute approximate surface area is 189 Å². The van der Waals surface area contributed by atoms with E-state index in [9.17, 15) is 9.59 Å². The van der Waals surface area contributed by atoms with Crippen molar-refractivity contribution in [1.29, 1.82) is 5.26 Å². The summed E-state index contributed by atoms with van der Waals surface area (Å²) < 4.78 is 0. The van der Waals surface area contributed by atoms with Crippen molar-refractivity contribution in [2.45, 2.75) is 0 Å². The summed E-state index contributed by atoms with van der Waals surface area (Å²) in [6.45, 7) is 0. The fourth-order valence-corrected chi connectivity index (χ4v) is 1.73. The van der Waals surface area contributed by atoms with Crippen molar-refractivity contribution >= 4 is 82.3 Å². The number of nitrogens with zero attached hydrogens (tertiary/aromatic N) is 7. The van der Waals surface area contributed by atoms with Gasteiger partial charge in [0.1, 0.15) is 0 Å². The van der Waals surface area contributed by atoms with Crippen molar-refractivity contribution in [3.63, 3.8) is 0 Å². The predicted molar refractivity (Wildman–Crippen MR) is 89.7 cm³/mol. The number of nitrogens with one attached hydrogen (secondary N) is 4. The molecule has 2 heterocycles. The molecule has 0 saturated heterocycles. The molecular formula is C11H9N11Na2O2. The summed E-state index contributed by atoms with van der Waals surface area (Å²) in [5, 5.41) is 38.8. The van der Waals surface area contributed by atoms with Gasteiger partial charge >= 0.3 is 59.1 Å². The van der Waals surface area contributed by atoms with Gasteiger partial charge in [-0.15, -0.1) is 10.2 Å². The van der Waals surface area contributed by atoms with Crippen molar-refractivity contribution < 1.29 is 9.59 Å². The van der Waals surface area contributed by atoms with E-state index in [1.807, 2.05) is 6.07 Å². The monoisotopic (exact) mass is 373 g/mol. The number of benzene rings is 1. The second-order valence-corrected chi connectivity index (χ2v) is 4.32. The third kappa shape index (κ3) is 5.39. The minimum absolute atomic E-state index is 0. The molecule has 0 unspecified atom stereocenters. The molecular weight excluding hydrogens is 364 g/mol. The van der Waals surface area contributed by atoms with E-state index in [0.29, 0.717) is 0 Å². The molecule has 0 spiro atoms. The Kier molecular flexibility index (Phi) is 8.45. The Balaban J connectivity index is 0.00000169. The summed E-state index contributed by atoms with van der Waals surface area (Å²) in [4.78, 5) is 23.8. The van der Waals surface area contributed by atoms with Crippen LogP contribution in [0.3, 0.4) is 0 Å². The van der Waals surface area contributed by atoms with E-state index >= 15 is 0 Å². The summed E-state index contributed by atoms with van der Waals surface area (Å²) >= 11 is 0. The zero-order valence-corrected chi connectivity index (χ0v) is 11.7. The van der Waals surface area contributed by atoms with Crippen LogP contribution in [-0.2, 0) is 0 Å². The fraction of sp³-hybridized carbons (Fsp3) is 0. The molecule has 0 radical (unpaired) electrons. The van der Waals surface area contributed by atoms with Gasteiger partial charge in [-0.05, 0) is 39.1 Å². The van der Waals surface area contributed by atoms with Gasteiger partial charge in [0, 0.05) is 11.4 Å². The van der Waals surface area contributed by atoms with Gasteiger partial charge in [0.2, 0.25) is 11.6 Å². The van der Waals surface area contributed by atoms with Gasteiger partial charge in [-0.2, -0.15) is 5.26 Å². The van der Waals surface area contributed by atoms with Crippen molar-refractivity contribution in [1.82, 2.24) is 41.2 Å². The Hall–Kier alpha value is -2.21. The number of aromatic nitrogens is 8. The van der Waals surface area contributed by atoms with E-state index in [1.165, 1.54) is 18.2 Å². The van der Waals surface area contributed by atoms with Crippen LogP contribution < -0.4 is 10.6 Å². The normalized spacial score (nSPS) is 9.19. The first-order valence-electron chi connectivity index (χ1n) is 6.31. The summed E-state index contributed by atoms with van der Waals surface area (Å²) in [7, 11) is 0. The molecule has 2 aromatic heterocycles. The van der Waals surface area contributed by atoms with Crippen LogP contribution in [-0.4, -0.2) is 112 Å². The SMILES string of the molecule is N#Cc1cc(NC(=O)c2nnn[nH]2)cc(NC(=O)c2nnn[nH]2)c1.[NaH].[NaH]. The van der Waals surface area contributed by atoms with E-state index in [2.05, 4.69) is 51.9 Å². The number of nitriles is 1. The van der Waals surface area contributed by atoms with Gasteiger partial charge in [0.05, 0.1) is 11.6 Å². The van der Waals surface area contributed by atoms with Crippen LogP contribution >= 0.6 is 0 Å². The number of amides is 2. The van der Waals surface area contributed by atoms with Gasteiger partial charge in [-0.1, -0.05) is 0 Å². The van der Waals surface area contributed by atoms with Gasteiger partial charge in [0.25, 0.3) is 11.8 Å². The predicted octanol–water partition coefficient (Wildman–Crippen LogP) is -2.21. The number of H-pyrrole nitrogens is 2. The molecule has 122 valence electrons. The third-order valence-corrected chi connectivity index (χ3v) is 2.70. The van der Waals surface area contributed by atoms with Gasteiger partial charge in [-0.3, -0.25) is 9.59 Å². The summed E-state index contributed by atoms with van der Waals surface area (Å²) in [6, 6.07) is 6.22. The van der Waals surface area contributed by atoms with Crippen LogP contribution in [0.1, 0.15) is 26.8 Å². The second kappa shape index (κ2) is 10.1. The number of hydrogen-bond acceptors (Lipinski definition) is 9. The molecule has 4 N–H and O–H groups in total. The van der Waals surface area contributed by atoms with E-state index in [4.69, 9.17) is 5.26 Å². The molecule has 0 aliphatic heterocycles. The number of aromatic amines is 2. The quantitative estimate of drug-likeness (QED) is 0.367. The Bertz CT molecular complexity index is 854. The maximum absolute atomic E-state index is 11.9. The molecule has 2 amide bonds. The molecule has 0 saturated carbocycles. The second-order valence-electron chi connectivity index (χ2n) is 4.32. The average molecular weight is 373 g/mol. The summed E-state index contributed by atoms with van der Waals surface area (Å²) in [5.41, 5.74) is 0.748. The number of anilines is 2. The van der Waals surface area contributed by atoms with Crippen LogP contribution in [0.25, 0.3) is 0 Å². The third-order valence-electron chi connectivity index (χ3n) is 2.70. The zero-order chi connectivity index (χ0) is 16.9. The van der Waals surface area contributed by atoms with Crippen LogP contribution in [0.2, 0.25) is 0 Å². The molecule has 0 aliphatic rings. The van der Waals surface area contributed by atoms with E-state index in [0.717, 1.165) is 0 Å². The average Bonchev–Trinajstić information content (AvgIpc) is 3.27. The fourth-order valence-electron chi connectivity index (χ4n) is 1.73. The number of carbonyl (C=O) groups is 2. The molecule has 26 heavy (non-hydrogen) atoms. The van der Waals surface area contributed by atoms with Gasteiger partial charge < -0.3 is 10.6 Å². The number of tetrazole rings is 2.